The molecule has 0 radical (unpaired) electrons. The Balaban J connectivity index is 1.36. The molecular weight excluding hydrogens is 368 g/mol. The van der Waals surface area contributed by atoms with E-state index in [0.717, 1.165) is 71.9 Å². The first-order valence-corrected chi connectivity index (χ1v) is 10.3. The number of nitrogens with zero attached hydrogens (tertiary/aromatic N) is 6. The van der Waals surface area contributed by atoms with Gasteiger partial charge in [0, 0.05) is 50.9 Å². The van der Waals surface area contributed by atoms with Gasteiger partial charge < -0.3 is 9.42 Å². The molecule has 0 N–H and O–H groups in total. The molecule has 1 aliphatic carbocycles. The zero-order chi connectivity index (χ0) is 20.1. The van der Waals surface area contributed by atoms with Gasteiger partial charge in [-0.3, -0.25) is 14.4 Å². The number of piperazine rings is 1. The highest BCUT2D eigenvalue weighted by atomic mass is 16.5. The fourth-order valence-corrected chi connectivity index (χ4v) is 4.21. The van der Waals surface area contributed by atoms with E-state index in [-0.39, 0.29) is 5.91 Å². The van der Waals surface area contributed by atoms with Crippen LogP contribution in [0.5, 0.6) is 0 Å². The normalized spacial score (nSPS) is 18.0. The predicted octanol–water partition coefficient (Wildman–Crippen LogP) is 2.41. The van der Waals surface area contributed by atoms with E-state index in [2.05, 4.69) is 15.2 Å². The Morgan fingerprint density at radius 2 is 1.93 bits per heavy atom. The minimum atomic E-state index is 0.0885. The number of rotatable bonds is 4. The standard InChI is InChI=1S/C21H26N6O2/c1-13-10-16(29-24-13)12-26-6-8-27(9-7-26)21(28)17-11-18(15-4-5-15)22-20-19(17)14(2)23-25(20)3/h10-11,15H,4-9,12H2,1-3H3. The van der Waals surface area contributed by atoms with E-state index >= 15 is 0 Å². The van der Waals surface area contributed by atoms with Crippen LogP contribution in [0.4, 0.5) is 0 Å². The maximum absolute atomic E-state index is 13.5. The zero-order valence-electron chi connectivity index (χ0n) is 17.2. The molecular formula is C21H26N6O2. The first-order valence-electron chi connectivity index (χ1n) is 10.3. The van der Waals surface area contributed by atoms with Crippen LogP contribution >= 0.6 is 0 Å². The van der Waals surface area contributed by atoms with Crippen LogP contribution in [0.1, 0.15) is 52.0 Å². The van der Waals surface area contributed by atoms with E-state index in [4.69, 9.17) is 9.51 Å². The lowest BCUT2D eigenvalue weighted by molar-refractivity contribution is 0.0619. The molecule has 1 amide bonds. The van der Waals surface area contributed by atoms with Crippen LogP contribution in [0.15, 0.2) is 16.7 Å². The van der Waals surface area contributed by atoms with E-state index in [1.807, 2.05) is 37.9 Å². The number of carbonyl (C=O) groups excluding carboxylic acids is 1. The van der Waals surface area contributed by atoms with Gasteiger partial charge in [-0.15, -0.1) is 0 Å². The molecule has 0 spiro atoms. The lowest BCUT2D eigenvalue weighted by Crippen LogP contribution is -2.48. The third-order valence-corrected chi connectivity index (χ3v) is 5.93. The molecule has 3 aromatic rings. The molecule has 0 atom stereocenters. The molecule has 2 aliphatic rings. The molecule has 8 heteroatoms. The number of aryl methyl sites for hydroxylation is 3. The number of hydrogen-bond acceptors (Lipinski definition) is 6. The lowest BCUT2D eigenvalue weighted by atomic mass is 10.1. The molecule has 29 heavy (non-hydrogen) atoms. The third-order valence-electron chi connectivity index (χ3n) is 5.93. The number of carbonyl (C=O) groups is 1. The molecule has 1 saturated carbocycles. The molecule has 0 bridgehead atoms. The molecule has 0 aromatic carbocycles. The Kier molecular flexibility index (Phi) is 4.38. The van der Waals surface area contributed by atoms with Gasteiger partial charge in [0.1, 0.15) is 0 Å². The average Bonchev–Trinajstić information content (AvgIpc) is 3.43. The first kappa shape index (κ1) is 18.3. The van der Waals surface area contributed by atoms with Crippen LogP contribution < -0.4 is 0 Å². The summed E-state index contributed by atoms with van der Waals surface area (Å²) in [6, 6.07) is 3.98. The van der Waals surface area contributed by atoms with E-state index in [9.17, 15) is 4.79 Å². The number of aromatic nitrogens is 4. The predicted molar refractivity (Wildman–Crippen MR) is 108 cm³/mol. The highest BCUT2D eigenvalue weighted by molar-refractivity contribution is 6.06. The van der Waals surface area contributed by atoms with Gasteiger partial charge in [-0.1, -0.05) is 5.16 Å². The van der Waals surface area contributed by atoms with Gasteiger partial charge >= 0.3 is 0 Å². The van der Waals surface area contributed by atoms with Crippen molar-refractivity contribution in [1.29, 1.82) is 0 Å². The number of amides is 1. The van der Waals surface area contributed by atoms with Gasteiger partial charge in [-0.2, -0.15) is 5.10 Å². The summed E-state index contributed by atoms with van der Waals surface area (Å²) in [5.41, 5.74) is 4.36. The second-order valence-electron chi connectivity index (χ2n) is 8.28. The van der Waals surface area contributed by atoms with Crippen LogP contribution in [-0.4, -0.2) is 61.8 Å². The largest absolute Gasteiger partial charge is 0.360 e. The molecule has 1 saturated heterocycles. The summed E-state index contributed by atoms with van der Waals surface area (Å²) in [4.78, 5) is 22.5. The SMILES string of the molecule is Cc1cc(CN2CCN(C(=O)c3cc(C4CC4)nc4c3c(C)nn4C)CC2)on1. The highest BCUT2D eigenvalue weighted by Crippen LogP contribution is 2.40. The molecule has 1 aliphatic heterocycles. The van der Waals surface area contributed by atoms with Gasteiger partial charge in [0.25, 0.3) is 5.91 Å². The van der Waals surface area contributed by atoms with Crippen LogP contribution in [0.2, 0.25) is 0 Å². The monoisotopic (exact) mass is 394 g/mol. The van der Waals surface area contributed by atoms with E-state index < -0.39 is 0 Å². The number of fused-ring (bicyclic) bond motifs is 1. The highest BCUT2D eigenvalue weighted by Gasteiger charge is 2.30. The lowest BCUT2D eigenvalue weighted by Gasteiger charge is -2.34. The van der Waals surface area contributed by atoms with Gasteiger partial charge in [-0.25, -0.2) is 4.98 Å². The molecule has 2 fully saturated rings. The van der Waals surface area contributed by atoms with Crippen LogP contribution in [0, 0.1) is 13.8 Å². The smallest absolute Gasteiger partial charge is 0.254 e. The van der Waals surface area contributed by atoms with E-state index in [1.54, 1.807) is 4.68 Å². The Hall–Kier alpha value is -2.74. The third kappa shape index (κ3) is 3.42. The summed E-state index contributed by atoms with van der Waals surface area (Å²) in [5, 5.41) is 9.36. The first-order chi connectivity index (χ1) is 14.0. The zero-order valence-corrected chi connectivity index (χ0v) is 17.2. The summed E-state index contributed by atoms with van der Waals surface area (Å²) in [7, 11) is 1.90. The number of hydrogen-bond donors (Lipinski definition) is 0. The van der Waals surface area contributed by atoms with Crippen LogP contribution in [0.3, 0.4) is 0 Å². The molecule has 3 aromatic heterocycles. The van der Waals surface area contributed by atoms with Crippen molar-refractivity contribution in [2.45, 2.75) is 39.2 Å². The summed E-state index contributed by atoms with van der Waals surface area (Å²) in [6.45, 7) is 7.66. The topological polar surface area (TPSA) is 80.3 Å². The summed E-state index contributed by atoms with van der Waals surface area (Å²) in [5.74, 6) is 1.45. The second kappa shape index (κ2) is 6.95. The molecule has 4 heterocycles. The Bertz CT molecular complexity index is 1070. The van der Waals surface area contributed by atoms with Crippen molar-refractivity contribution in [3.05, 3.63) is 40.5 Å². The average molecular weight is 394 g/mol. The number of pyridine rings is 1. The van der Waals surface area contributed by atoms with Crippen molar-refractivity contribution in [3.63, 3.8) is 0 Å². The van der Waals surface area contributed by atoms with Crippen LogP contribution in [-0.2, 0) is 13.6 Å². The fourth-order valence-electron chi connectivity index (χ4n) is 4.21. The minimum absolute atomic E-state index is 0.0885. The second-order valence-corrected chi connectivity index (χ2v) is 8.28. The van der Waals surface area contributed by atoms with Gasteiger partial charge in [0.15, 0.2) is 11.4 Å². The van der Waals surface area contributed by atoms with E-state index in [1.165, 1.54) is 0 Å². The van der Waals surface area contributed by atoms with E-state index in [0.29, 0.717) is 19.0 Å². The Labute approximate surface area is 169 Å². The van der Waals surface area contributed by atoms with Crippen LogP contribution in [0.25, 0.3) is 11.0 Å². The van der Waals surface area contributed by atoms with Gasteiger partial charge in [0.2, 0.25) is 0 Å². The van der Waals surface area contributed by atoms with Crippen molar-refractivity contribution < 1.29 is 9.32 Å². The minimum Gasteiger partial charge on any atom is -0.360 e. The fraction of sp³-hybridized carbons (Fsp3) is 0.524. The Morgan fingerprint density at radius 3 is 2.59 bits per heavy atom. The Morgan fingerprint density at radius 1 is 1.17 bits per heavy atom. The molecule has 152 valence electrons. The quantitative estimate of drug-likeness (QED) is 0.676. The summed E-state index contributed by atoms with van der Waals surface area (Å²) < 4.78 is 7.12. The van der Waals surface area contributed by atoms with Crippen molar-refractivity contribution in [2.75, 3.05) is 26.2 Å². The summed E-state index contributed by atoms with van der Waals surface area (Å²) in [6.07, 6.45) is 2.31. The van der Waals surface area contributed by atoms with Crippen molar-refractivity contribution >= 4 is 16.9 Å². The molecule has 8 nitrogen and oxygen atoms in total. The van der Waals surface area contributed by atoms with Crippen molar-refractivity contribution in [3.8, 4) is 0 Å². The van der Waals surface area contributed by atoms with Crippen molar-refractivity contribution in [1.82, 2.24) is 29.7 Å². The summed E-state index contributed by atoms with van der Waals surface area (Å²) >= 11 is 0. The molecule has 0 unspecified atom stereocenters. The van der Waals surface area contributed by atoms with Gasteiger partial charge in [0.05, 0.1) is 28.9 Å². The maximum atomic E-state index is 13.5. The molecule has 5 rings (SSSR count). The maximum Gasteiger partial charge on any atom is 0.254 e. The van der Waals surface area contributed by atoms with Crippen molar-refractivity contribution in [2.24, 2.45) is 7.05 Å². The van der Waals surface area contributed by atoms with Gasteiger partial charge in [-0.05, 0) is 32.8 Å².